The number of anilines is 1. The molecule has 0 aliphatic carbocycles. The molecule has 1 aliphatic heterocycles. The van der Waals surface area contributed by atoms with E-state index < -0.39 is 0 Å². The fraction of sp³-hybridized carbons (Fsp3) is 0.571. The van der Waals surface area contributed by atoms with Gasteiger partial charge in [0.15, 0.2) is 0 Å². The molecule has 1 atom stereocenters. The summed E-state index contributed by atoms with van der Waals surface area (Å²) in [5.41, 5.74) is 1.38. The molecule has 1 fully saturated rings. The first kappa shape index (κ1) is 11.5. The van der Waals surface area contributed by atoms with Gasteiger partial charge in [-0.15, -0.1) is 0 Å². The number of rotatable bonds is 5. The van der Waals surface area contributed by atoms with Crippen LogP contribution in [0.15, 0.2) is 30.3 Å². The summed E-state index contributed by atoms with van der Waals surface area (Å²) in [6.07, 6.45) is 2.56. The molecule has 16 heavy (non-hydrogen) atoms. The fourth-order valence-electron chi connectivity index (χ4n) is 2.36. The second-order valence-corrected chi connectivity index (χ2v) is 4.64. The van der Waals surface area contributed by atoms with E-state index in [2.05, 4.69) is 47.5 Å². The van der Waals surface area contributed by atoms with Crippen molar-refractivity contribution in [2.45, 2.75) is 19.8 Å². The van der Waals surface area contributed by atoms with Crippen molar-refractivity contribution in [2.75, 3.05) is 31.1 Å². The maximum absolute atomic E-state index is 3.52. The summed E-state index contributed by atoms with van der Waals surface area (Å²) in [5.74, 6) is 0.826. The third-order valence-corrected chi connectivity index (χ3v) is 3.27. The smallest absolute Gasteiger partial charge is 0.0366 e. The predicted octanol–water partition coefficient (Wildman–Crippen LogP) is 2.51. The van der Waals surface area contributed by atoms with Crippen molar-refractivity contribution < 1.29 is 0 Å². The zero-order valence-corrected chi connectivity index (χ0v) is 10.2. The average molecular weight is 218 g/mol. The highest BCUT2D eigenvalue weighted by Gasteiger charge is 2.21. The molecule has 0 bridgehead atoms. The van der Waals surface area contributed by atoms with Crippen molar-refractivity contribution in [2.24, 2.45) is 5.92 Å². The molecule has 1 N–H and O–H groups in total. The third-order valence-electron chi connectivity index (χ3n) is 3.27. The SMILES string of the molecule is CCCNCC1CCN(c2ccccc2)C1. The Morgan fingerprint density at radius 3 is 2.88 bits per heavy atom. The second-order valence-electron chi connectivity index (χ2n) is 4.64. The normalized spacial score (nSPS) is 20.3. The predicted molar refractivity (Wildman–Crippen MR) is 69.9 cm³/mol. The van der Waals surface area contributed by atoms with Crippen LogP contribution in [0, 0.1) is 5.92 Å². The van der Waals surface area contributed by atoms with Crippen LogP contribution in [0.1, 0.15) is 19.8 Å². The van der Waals surface area contributed by atoms with Crippen LogP contribution in [0.25, 0.3) is 0 Å². The Kier molecular flexibility index (Phi) is 4.23. The minimum absolute atomic E-state index is 0.826. The maximum Gasteiger partial charge on any atom is 0.0366 e. The van der Waals surface area contributed by atoms with Gasteiger partial charge in [0, 0.05) is 18.8 Å². The van der Waals surface area contributed by atoms with Crippen LogP contribution >= 0.6 is 0 Å². The Hall–Kier alpha value is -1.02. The van der Waals surface area contributed by atoms with Crippen molar-refractivity contribution in [3.63, 3.8) is 0 Å². The summed E-state index contributed by atoms with van der Waals surface area (Å²) in [6.45, 7) is 6.97. The molecule has 88 valence electrons. The molecule has 1 aromatic carbocycles. The Morgan fingerprint density at radius 1 is 1.31 bits per heavy atom. The van der Waals surface area contributed by atoms with Gasteiger partial charge in [-0.3, -0.25) is 0 Å². The van der Waals surface area contributed by atoms with E-state index in [1.54, 1.807) is 0 Å². The first-order chi connectivity index (χ1) is 7.90. The molecule has 2 rings (SSSR count). The summed E-state index contributed by atoms with van der Waals surface area (Å²) >= 11 is 0. The first-order valence-corrected chi connectivity index (χ1v) is 6.41. The summed E-state index contributed by atoms with van der Waals surface area (Å²) < 4.78 is 0. The molecular formula is C14H22N2. The summed E-state index contributed by atoms with van der Waals surface area (Å²) in [7, 11) is 0. The molecule has 0 amide bonds. The lowest BCUT2D eigenvalue weighted by Gasteiger charge is -2.18. The van der Waals surface area contributed by atoms with Gasteiger partial charge in [-0.2, -0.15) is 0 Å². The molecule has 1 aromatic rings. The number of hydrogen-bond acceptors (Lipinski definition) is 2. The van der Waals surface area contributed by atoms with Gasteiger partial charge in [-0.1, -0.05) is 25.1 Å². The van der Waals surface area contributed by atoms with E-state index in [9.17, 15) is 0 Å². The summed E-state index contributed by atoms with van der Waals surface area (Å²) in [6, 6.07) is 10.7. The number of nitrogens with zero attached hydrogens (tertiary/aromatic N) is 1. The topological polar surface area (TPSA) is 15.3 Å². The molecule has 1 saturated heterocycles. The lowest BCUT2D eigenvalue weighted by Crippen LogP contribution is -2.26. The van der Waals surface area contributed by atoms with Crippen LogP contribution in [0.4, 0.5) is 5.69 Å². The van der Waals surface area contributed by atoms with Gasteiger partial charge in [0.1, 0.15) is 0 Å². The van der Waals surface area contributed by atoms with Crippen LogP contribution in [0.3, 0.4) is 0 Å². The Bertz CT molecular complexity index is 297. The van der Waals surface area contributed by atoms with Crippen LogP contribution in [0.5, 0.6) is 0 Å². The van der Waals surface area contributed by atoms with Gasteiger partial charge in [-0.25, -0.2) is 0 Å². The van der Waals surface area contributed by atoms with E-state index in [0.717, 1.165) is 12.5 Å². The largest absolute Gasteiger partial charge is 0.371 e. The van der Waals surface area contributed by atoms with Gasteiger partial charge < -0.3 is 10.2 Å². The Morgan fingerprint density at radius 2 is 2.12 bits per heavy atom. The van der Waals surface area contributed by atoms with Crippen molar-refractivity contribution in [1.82, 2.24) is 5.32 Å². The van der Waals surface area contributed by atoms with Crippen LogP contribution < -0.4 is 10.2 Å². The number of hydrogen-bond donors (Lipinski definition) is 1. The standard InChI is InChI=1S/C14H22N2/c1-2-9-15-11-13-8-10-16(12-13)14-6-4-3-5-7-14/h3-7,13,15H,2,8-12H2,1H3. The molecule has 1 aliphatic rings. The molecule has 1 unspecified atom stereocenters. The zero-order chi connectivity index (χ0) is 11.2. The summed E-state index contributed by atoms with van der Waals surface area (Å²) in [5, 5.41) is 3.52. The van der Waals surface area contributed by atoms with E-state index in [1.165, 1.54) is 38.2 Å². The van der Waals surface area contributed by atoms with Crippen molar-refractivity contribution in [3.05, 3.63) is 30.3 Å². The monoisotopic (exact) mass is 218 g/mol. The number of para-hydroxylation sites is 1. The minimum atomic E-state index is 0.826. The zero-order valence-electron chi connectivity index (χ0n) is 10.2. The maximum atomic E-state index is 3.52. The molecule has 1 heterocycles. The lowest BCUT2D eigenvalue weighted by atomic mass is 10.1. The number of benzene rings is 1. The molecule has 0 aromatic heterocycles. The molecule has 2 heteroatoms. The van der Waals surface area contributed by atoms with Gasteiger partial charge in [0.2, 0.25) is 0 Å². The molecule has 2 nitrogen and oxygen atoms in total. The quantitative estimate of drug-likeness (QED) is 0.764. The van der Waals surface area contributed by atoms with Gasteiger partial charge >= 0.3 is 0 Å². The van der Waals surface area contributed by atoms with Gasteiger partial charge in [0.05, 0.1) is 0 Å². The van der Waals surface area contributed by atoms with Crippen molar-refractivity contribution in [3.8, 4) is 0 Å². The molecule has 0 spiro atoms. The van der Waals surface area contributed by atoms with Crippen molar-refractivity contribution in [1.29, 1.82) is 0 Å². The van der Waals surface area contributed by atoms with Crippen LogP contribution in [-0.4, -0.2) is 26.2 Å². The Balaban J connectivity index is 1.79. The average Bonchev–Trinajstić information content (AvgIpc) is 2.79. The van der Waals surface area contributed by atoms with E-state index in [-0.39, 0.29) is 0 Å². The van der Waals surface area contributed by atoms with Crippen LogP contribution in [0.2, 0.25) is 0 Å². The molecule has 0 saturated carbocycles. The second kappa shape index (κ2) is 5.90. The van der Waals surface area contributed by atoms with Gasteiger partial charge in [0.25, 0.3) is 0 Å². The first-order valence-electron chi connectivity index (χ1n) is 6.41. The third kappa shape index (κ3) is 2.99. The Labute approximate surface area is 98.7 Å². The van der Waals surface area contributed by atoms with Crippen molar-refractivity contribution >= 4 is 5.69 Å². The van der Waals surface area contributed by atoms with E-state index in [1.807, 2.05) is 0 Å². The highest BCUT2D eigenvalue weighted by Crippen LogP contribution is 2.22. The highest BCUT2D eigenvalue weighted by molar-refractivity contribution is 5.46. The molecular weight excluding hydrogens is 196 g/mol. The minimum Gasteiger partial charge on any atom is -0.371 e. The summed E-state index contributed by atoms with van der Waals surface area (Å²) in [4.78, 5) is 2.50. The van der Waals surface area contributed by atoms with Crippen LogP contribution in [-0.2, 0) is 0 Å². The fourth-order valence-corrected chi connectivity index (χ4v) is 2.36. The highest BCUT2D eigenvalue weighted by atomic mass is 15.2. The van der Waals surface area contributed by atoms with E-state index in [0.29, 0.717) is 0 Å². The lowest BCUT2D eigenvalue weighted by molar-refractivity contribution is 0.516. The van der Waals surface area contributed by atoms with E-state index >= 15 is 0 Å². The number of nitrogens with one attached hydrogen (secondary N) is 1. The van der Waals surface area contributed by atoms with Gasteiger partial charge in [-0.05, 0) is 44.0 Å². The molecule has 0 radical (unpaired) electrons. The van der Waals surface area contributed by atoms with E-state index in [4.69, 9.17) is 0 Å².